The Balaban J connectivity index is 1.95. The number of hydrogen-bond acceptors (Lipinski definition) is 5. The number of carbonyl (C=O) groups is 1. The van der Waals surface area contributed by atoms with Crippen LogP contribution in [0.2, 0.25) is 0 Å². The molecule has 1 N–H and O–H groups in total. The maximum absolute atomic E-state index is 13.8. The van der Waals surface area contributed by atoms with E-state index >= 15 is 0 Å². The first-order valence-corrected chi connectivity index (χ1v) is 11.9. The molecule has 34 heavy (non-hydrogen) atoms. The number of nitrogens with one attached hydrogen (secondary N) is 1. The highest BCUT2D eigenvalue weighted by molar-refractivity contribution is 7.97. The van der Waals surface area contributed by atoms with Gasteiger partial charge in [-0.05, 0) is 23.8 Å². The molecule has 174 valence electrons. The number of anilines is 2. The fourth-order valence-corrected chi connectivity index (χ4v) is 5.62. The molecule has 0 saturated carbocycles. The average Bonchev–Trinajstić information content (AvgIpc) is 2.85. The number of fused-ring (bicyclic) bond motifs is 1. The summed E-state index contributed by atoms with van der Waals surface area (Å²) in [5.41, 5.74) is 2.39. The zero-order valence-corrected chi connectivity index (χ0v) is 19.6. The Hall–Kier alpha value is -4.04. The van der Waals surface area contributed by atoms with E-state index < -0.39 is 15.9 Å². The van der Waals surface area contributed by atoms with Gasteiger partial charge in [-0.25, -0.2) is 8.42 Å². The second-order valence-corrected chi connectivity index (χ2v) is 9.23. The predicted octanol–water partition coefficient (Wildman–Crippen LogP) is 4.44. The summed E-state index contributed by atoms with van der Waals surface area (Å²) in [6.45, 7) is 3.71. The molecule has 0 radical (unpaired) electrons. The number of amides is 1. The van der Waals surface area contributed by atoms with Crippen LogP contribution >= 0.6 is 0 Å². The van der Waals surface area contributed by atoms with Gasteiger partial charge < -0.3 is 14.8 Å². The fourth-order valence-electron chi connectivity index (χ4n) is 3.91. The summed E-state index contributed by atoms with van der Waals surface area (Å²) in [5.74, 6) is 0.104. The third-order valence-electron chi connectivity index (χ3n) is 5.44. The van der Waals surface area contributed by atoms with E-state index in [4.69, 9.17) is 9.47 Å². The molecule has 3 aromatic rings. The second kappa shape index (κ2) is 9.44. The van der Waals surface area contributed by atoms with E-state index in [0.29, 0.717) is 39.6 Å². The zero-order valence-electron chi connectivity index (χ0n) is 18.8. The zero-order chi connectivity index (χ0) is 24.3. The molecule has 3 aromatic carbocycles. The van der Waals surface area contributed by atoms with Crippen molar-refractivity contribution in [1.29, 1.82) is 0 Å². The van der Waals surface area contributed by atoms with Crippen molar-refractivity contribution < 1.29 is 22.7 Å². The lowest BCUT2D eigenvalue weighted by molar-refractivity contribution is -0.112. The van der Waals surface area contributed by atoms with Crippen LogP contribution in [0.25, 0.3) is 5.57 Å². The van der Waals surface area contributed by atoms with Crippen molar-refractivity contribution in [3.05, 3.63) is 101 Å². The number of para-hydroxylation sites is 1. The Bertz CT molecular complexity index is 1380. The van der Waals surface area contributed by atoms with Gasteiger partial charge in [0.05, 0.1) is 32.1 Å². The van der Waals surface area contributed by atoms with E-state index in [2.05, 4.69) is 11.9 Å². The van der Waals surface area contributed by atoms with Crippen LogP contribution < -0.4 is 19.1 Å². The van der Waals surface area contributed by atoms with Gasteiger partial charge in [-0.3, -0.25) is 9.10 Å². The first-order valence-electron chi connectivity index (χ1n) is 10.5. The fraction of sp³-hybridized carbons (Fsp3) is 0.115. The van der Waals surface area contributed by atoms with Gasteiger partial charge in [0, 0.05) is 17.2 Å². The van der Waals surface area contributed by atoms with E-state index in [1.165, 1.54) is 24.6 Å². The van der Waals surface area contributed by atoms with Crippen molar-refractivity contribution in [3.8, 4) is 11.5 Å². The molecular weight excluding hydrogens is 452 g/mol. The topological polar surface area (TPSA) is 84.9 Å². The van der Waals surface area contributed by atoms with Crippen molar-refractivity contribution in [2.45, 2.75) is 0 Å². The van der Waals surface area contributed by atoms with Gasteiger partial charge >= 0.3 is 0 Å². The Kier molecular flexibility index (Phi) is 6.43. The lowest BCUT2D eigenvalue weighted by atomic mass is 9.95. The van der Waals surface area contributed by atoms with Crippen molar-refractivity contribution in [2.75, 3.05) is 30.4 Å². The van der Waals surface area contributed by atoms with E-state index in [0.717, 1.165) is 0 Å². The molecule has 8 heteroatoms. The molecule has 0 spiro atoms. The van der Waals surface area contributed by atoms with Crippen molar-refractivity contribution >= 4 is 32.9 Å². The summed E-state index contributed by atoms with van der Waals surface area (Å²) in [6.07, 6.45) is 1.49. The summed E-state index contributed by atoms with van der Waals surface area (Å²) >= 11 is 0. The highest BCUT2D eigenvalue weighted by atomic mass is 32.2. The van der Waals surface area contributed by atoms with Gasteiger partial charge in [-0.2, -0.15) is 0 Å². The number of methoxy groups -OCH3 is 2. The molecule has 1 aliphatic heterocycles. The summed E-state index contributed by atoms with van der Waals surface area (Å²) < 4.78 is 39.5. The highest BCUT2D eigenvalue weighted by Crippen LogP contribution is 2.43. The van der Waals surface area contributed by atoms with Gasteiger partial charge in [-0.1, -0.05) is 54.6 Å². The number of hydrogen-bond donors (Lipinski definition) is 1. The predicted molar refractivity (Wildman–Crippen MR) is 134 cm³/mol. The highest BCUT2D eigenvalue weighted by Gasteiger charge is 2.41. The number of ether oxygens (including phenoxy) is 2. The maximum Gasteiger partial charge on any atom is 0.270 e. The molecule has 0 fully saturated rings. The van der Waals surface area contributed by atoms with Gasteiger partial charge in [-0.15, -0.1) is 6.58 Å². The van der Waals surface area contributed by atoms with Crippen LogP contribution in [-0.4, -0.2) is 35.1 Å². The maximum atomic E-state index is 13.8. The van der Waals surface area contributed by atoms with Crippen LogP contribution in [-0.2, 0) is 14.8 Å². The molecule has 1 heterocycles. The molecule has 1 aliphatic rings. The summed E-state index contributed by atoms with van der Waals surface area (Å²) in [6, 6.07) is 21.0. The monoisotopic (exact) mass is 476 g/mol. The first-order chi connectivity index (χ1) is 16.4. The lowest BCUT2D eigenvalue weighted by Gasteiger charge is -2.32. The molecule has 1 amide bonds. The quantitative estimate of drug-likeness (QED) is 0.510. The standard InChI is InChI=1S/C26H24N2O5S/c1-4-16-28-22-13-9-8-12-20(22)24(18-10-6-5-7-11-18)25(34(28,30)31)26(29)27-21-15-14-19(32-2)17-23(21)33-3/h4-15,17H,1,16H2,2-3H3,(H,27,29). The van der Waals surface area contributed by atoms with Crippen LogP contribution in [0.5, 0.6) is 11.5 Å². The van der Waals surface area contributed by atoms with Crippen LogP contribution in [0.4, 0.5) is 11.4 Å². The van der Waals surface area contributed by atoms with Crippen molar-refractivity contribution in [1.82, 2.24) is 0 Å². The number of benzene rings is 3. The SMILES string of the molecule is C=CCN1c2ccccc2C(c2ccccc2)=C(C(=O)Nc2ccc(OC)cc2OC)S1(=O)=O. The van der Waals surface area contributed by atoms with Gasteiger partial charge in [0.2, 0.25) is 0 Å². The van der Waals surface area contributed by atoms with Gasteiger partial charge in [0.1, 0.15) is 11.5 Å². The Morgan fingerprint density at radius 2 is 1.71 bits per heavy atom. The number of rotatable bonds is 7. The van der Waals surface area contributed by atoms with Gasteiger partial charge in [0.25, 0.3) is 15.9 Å². The lowest BCUT2D eigenvalue weighted by Crippen LogP contribution is -2.39. The number of carbonyl (C=O) groups excluding carboxylic acids is 1. The summed E-state index contributed by atoms with van der Waals surface area (Å²) in [5, 5.41) is 2.72. The van der Waals surface area contributed by atoms with Crippen LogP contribution in [0.3, 0.4) is 0 Å². The molecule has 7 nitrogen and oxygen atoms in total. The van der Waals surface area contributed by atoms with Gasteiger partial charge in [0.15, 0.2) is 4.91 Å². The first kappa shape index (κ1) is 23.1. The molecule has 0 aliphatic carbocycles. The largest absolute Gasteiger partial charge is 0.497 e. The normalized spacial score (nSPS) is 14.2. The Labute approximate surface area is 199 Å². The third kappa shape index (κ3) is 4.04. The van der Waals surface area contributed by atoms with E-state index in [1.54, 1.807) is 54.6 Å². The third-order valence-corrected chi connectivity index (χ3v) is 7.27. The smallest absolute Gasteiger partial charge is 0.270 e. The van der Waals surface area contributed by atoms with Crippen molar-refractivity contribution in [3.63, 3.8) is 0 Å². The van der Waals surface area contributed by atoms with Crippen LogP contribution in [0, 0.1) is 0 Å². The van der Waals surface area contributed by atoms with Crippen LogP contribution in [0.1, 0.15) is 11.1 Å². The Morgan fingerprint density at radius 3 is 2.38 bits per heavy atom. The van der Waals surface area contributed by atoms with E-state index in [9.17, 15) is 13.2 Å². The molecule has 0 bridgehead atoms. The summed E-state index contributed by atoms with van der Waals surface area (Å²) in [4.78, 5) is 13.3. The molecule has 4 rings (SSSR count). The molecule has 0 aromatic heterocycles. The van der Waals surface area contributed by atoms with E-state index in [-0.39, 0.29) is 11.4 Å². The molecule has 0 unspecified atom stereocenters. The minimum atomic E-state index is -4.22. The minimum absolute atomic E-state index is 0.0179. The summed E-state index contributed by atoms with van der Waals surface area (Å²) in [7, 11) is -1.25. The molecule has 0 atom stereocenters. The molecular formula is C26H24N2O5S. The Morgan fingerprint density at radius 1 is 1.00 bits per heavy atom. The van der Waals surface area contributed by atoms with Crippen molar-refractivity contribution in [2.24, 2.45) is 0 Å². The number of sulfonamides is 1. The average molecular weight is 477 g/mol. The number of nitrogens with zero attached hydrogens (tertiary/aromatic N) is 1. The van der Waals surface area contributed by atoms with E-state index in [1.807, 2.05) is 18.2 Å². The second-order valence-electron chi connectivity index (χ2n) is 7.43. The van der Waals surface area contributed by atoms with Crippen LogP contribution in [0.15, 0.2) is 90.4 Å². The molecule has 0 saturated heterocycles. The minimum Gasteiger partial charge on any atom is -0.497 e.